The highest BCUT2D eigenvalue weighted by Gasteiger charge is 2.29. The molecular formula is C11H23N2. The van der Waals surface area contributed by atoms with Crippen LogP contribution in [0, 0.1) is 6.92 Å². The standard InChI is InChI=1S/C11H23N2/c1-4-6-11(3,5-2)13-9-7-12-8-10-13/h12H,3-10H2,1-2H3. The zero-order chi connectivity index (χ0) is 9.73. The summed E-state index contributed by atoms with van der Waals surface area (Å²) in [5.74, 6) is 0. The van der Waals surface area contributed by atoms with Crippen molar-refractivity contribution >= 4 is 0 Å². The van der Waals surface area contributed by atoms with Gasteiger partial charge in [-0.25, -0.2) is 0 Å². The Bertz CT molecular complexity index is 141. The van der Waals surface area contributed by atoms with Gasteiger partial charge in [0.2, 0.25) is 0 Å². The number of nitrogens with one attached hydrogen (secondary N) is 1. The predicted molar refractivity (Wildman–Crippen MR) is 57.7 cm³/mol. The molecule has 0 saturated carbocycles. The van der Waals surface area contributed by atoms with Crippen molar-refractivity contribution < 1.29 is 0 Å². The van der Waals surface area contributed by atoms with E-state index < -0.39 is 0 Å². The van der Waals surface area contributed by atoms with Crippen molar-refractivity contribution in [1.82, 2.24) is 10.2 Å². The van der Waals surface area contributed by atoms with Gasteiger partial charge < -0.3 is 5.32 Å². The fraction of sp³-hybridized carbons (Fsp3) is 0.909. The van der Waals surface area contributed by atoms with Crippen molar-refractivity contribution in [2.75, 3.05) is 26.2 Å². The summed E-state index contributed by atoms with van der Waals surface area (Å²) in [6.45, 7) is 13.5. The maximum Gasteiger partial charge on any atom is 0.0208 e. The van der Waals surface area contributed by atoms with Crippen molar-refractivity contribution in [2.24, 2.45) is 0 Å². The van der Waals surface area contributed by atoms with E-state index in [9.17, 15) is 0 Å². The molecule has 13 heavy (non-hydrogen) atoms. The van der Waals surface area contributed by atoms with Crippen molar-refractivity contribution in [3.63, 3.8) is 0 Å². The maximum atomic E-state index is 4.40. The molecule has 1 fully saturated rings. The van der Waals surface area contributed by atoms with E-state index >= 15 is 0 Å². The van der Waals surface area contributed by atoms with Crippen LogP contribution < -0.4 is 5.32 Å². The molecule has 1 radical (unpaired) electrons. The minimum Gasteiger partial charge on any atom is -0.314 e. The van der Waals surface area contributed by atoms with Crippen LogP contribution in [0.3, 0.4) is 0 Å². The minimum atomic E-state index is 0.205. The fourth-order valence-electron chi connectivity index (χ4n) is 2.16. The first-order valence-electron chi connectivity index (χ1n) is 5.54. The van der Waals surface area contributed by atoms with Crippen molar-refractivity contribution in [3.05, 3.63) is 6.92 Å². The molecule has 0 spiro atoms. The molecule has 1 atom stereocenters. The average Bonchev–Trinajstić information content (AvgIpc) is 2.19. The van der Waals surface area contributed by atoms with Gasteiger partial charge in [-0.2, -0.15) is 0 Å². The fourth-order valence-corrected chi connectivity index (χ4v) is 2.16. The molecule has 0 aromatic rings. The van der Waals surface area contributed by atoms with E-state index in [1.54, 1.807) is 0 Å². The predicted octanol–water partition coefficient (Wildman–Crippen LogP) is 1.67. The molecule has 1 saturated heterocycles. The van der Waals surface area contributed by atoms with Crippen molar-refractivity contribution in [2.45, 2.75) is 38.6 Å². The lowest BCUT2D eigenvalue weighted by atomic mass is 9.90. The minimum absolute atomic E-state index is 0.205. The summed E-state index contributed by atoms with van der Waals surface area (Å²) in [7, 11) is 0. The normalized spacial score (nSPS) is 24.2. The molecular weight excluding hydrogens is 160 g/mol. The van der Waals surface area contributed by atoms with Gasteiger partial charge in [-0.1, -0.05) is 20.3 Å². The second kappa shape index (κ2) is 4.97. The summed E-state index contributed by atoms with van der Waals surface area (Å²) in [4.78, 5) is 2.55. The molecule has 0 aromatic heterocycles. The quantitative estimate of drug-likeness (QED) is 0.713. The Morgan fingerprint density at radius 1 is 1.31 bits per heavy atom. The van der Waals surface area contributed by atoms with E-state index in [1.807, 2.05) is 0 Å². The van der Waals surface area contributed by atoms with Crippen LogP contribution in [0.5, 0.6) is 0 Å². The highest BCUT2D eigenvalue weighted by Crippen LogP contribution is 2.24. The second-order valence-corrected chi connectivity index (χ2v) is 4.06. The topological polar surface area (TPSA) is 15.3 Å². The van der Waals surface area contributed by atoms with E-state index in [-0.39, 0.29) is 5.54 Å². The maximum absolute atomic E-state index is 4.40. The third-order valence-electron chi connectivity index (χ3n) is 3.16. The van der Waals surface area contributed by atoms with Gasteiger partial charge in [0.1, 0.15) is 0 Å². The van der Waals surface area contributed by atoms with Gasteiger partial charge in [0.25, 0.3) is 0 Å². The lowest BCUT2D eigenvalue weighted by Gasteiger charge is -2.43. The van der Waals surface area contributed by atoms with Crippen LogP contribution in [0.2, 0.25) is 0 Å². The number of piperazine rings is 1. The molecule has 0 amide bonds. The molecule has 1 heterocycles. The van der Waals surface area contributed by atoms with E-state index in [4.69, 9.17) is 0 Å². The SMILES string of the molecule is [CH2]C(CC)(CCC)N1CCNCC1. The molecule has 77 valence electrons. The molecule has 0 bridgehead atoms. The van der Waals surface area contributed by atoms with Crippen LogP contribution in [0.4, 0.5) is 0 Å². The first-order chi connectivity index (χ1) is 6.23. The van der Waals surface area contributed by atoms with E-state index in [0.29, 0.717) is 0 Å². The number of hydrogen-bond acceptors (Lipinski definition) is 2. The van der Waals surface area contributed by atoms with E-state index in [1.165, 1.54) is 19.3 Å². The van der Waals surface area contributed by atoms with E-state index in [0.717, 1.165) is 26.2 Å². The smallest absolute Gasteiger partial charge is 0.0208 e. The van der Waals surface area contributed by atoms with Gasteiger partial charge in [-0.15, -0.1) is 0 Å². The molecule has 1 aliphatic heterocycles. The summed E-state index contributed by atoms with van der Waals surface area (Å²) in [5.41, 5.74) is 0.205. The third-order valence-corrected chi connectivity index (χ3v) is 3.16. The van der Waals surface area contributed by atoms with Crippen LogP contribution in [-0.4, -0.2) is 36.6 Å². The van der Waals surface area contributed by atoms with Crippen molar-refractivity contribution in [3.8, 4) is 0 Å². The van der Waals surface area contributed by atoms with Gasteiger partial charge in [-0.3, -0.25) is 4.90 Å². The summed E-state index contributed by atoms with van der Waals surface area (Å²) < 4.78 is 0. The molecule has 1 N–H and O–H groups in total. The molecule has 2 heteroatoms. The number of hydrogen-bond donors (Lipinski definition) is 1. The molecule has 1 rings (SSSR count). The Morgan fingerprint density at radius 3 is 2.38 bits per heavy atom. The monoisotopic (exact) mass is 183 g/mol. The van der Waals surface area contributed by atoms with Gasteiger partial charge in [0.15, 0.2) is 0 Å². The molecule has 2 nitrogen and oxygen atoms in total. The Kier molecular flexibility index (Phi) is 4.20. The lowest BCUT2D eigenvalue weighted by molar-refractivity contribution is 0.0974. The Balaban J connectivity index is 2.51. The number of nitrogens with zero attached hydrogens (tertiary/aromatic N) is 1. The lowest BCUT2D eigenvalue weighted by Crippen LogP contribution is -2.54. The van der Waals surface area contributed by atoms with Gasteiger partial charge in [0, 0.05) is 31.7 Å². The van der Waals surface area contributed by atoms with Crippen LogP contribution in [0.15, 0.2) is 0 Å². The molecule has 0 aliphatic carbocycles. The summed E-state index contributed by atoms with van der Waals surface area (Å²) >= 11 is 0. The summed E-state index contributed by atoms with van der Waals surface area (Å²) in [6, 6.07) is 0. The van der Waals surface area contributed by atoms with Crippen LogP contribution in [-0.2, 0) is 0 Å². The van der Waals surface area contributed by atoms with Gasteiger partial charge in [-0.05, 0) is 19.8 Å². The number of rotatable bonds is 4. The largest absolute Gasteiger partial charge is 0.314 e. The van der Waals surface area contributed by atoms with Crippen LogP contribution in [0.25, 0.3) is 0 Å². The third kappa shape index (κ3) is 2.68. The van der Waals surface area contributed by atoms with E-state index in [2.05, 4.69) is 31.0 Å². The molecule has 1 unspecified atom stereocenters. The van der Waals surface area contributed by atoms with Crippen LogP contribution >= 0.6 is 0 Å². The molecule has 0 aromatic carbocycles. The summed E-state index contributed by atoms with van der Waals surface area (Å²) in [6.07, 6.45) is 3.63. The highest BCUT2D eigenvalue weighted by atomic mass is 15.2. The van der Waals surface area contributed by atoms with Gasteiger partial charge >= 0.3 is 0 Å². The van der Waals surface area contributed by atoms with Crippen LogP contribution in [0.1, 0.15) is 33.1 Å². The second-order valence-electron chi connectivity index (χ2n) is 4.06. The van der Waals surface area contributed by atoms with Gasteiger partial charge in [0.05, 0.1) is 0 Å². The summed E-state index contributed by atoms with van der Waals surface area (Å²) in [5, 5.41) is 3.38. The highest BCUT2D eigenvalue weighted by molar-refractivity contribution is 4.93. The first kappa shape index (κ1) is 11.0. The van der Waals surface area contributed by atoms with Crippen molar-refractivity contribution in [1.29, 1.82) is 0 Å². The Labute approximate surface area is 82.7 Å². The molecule has 1 aliphatic rings. The Hall–Kier alpha value is -0.0800. The zero-order valence-electron chi connectivity index (χ0n) is 9.10. The first-order valence-corrected chi connectivity index (χ1v) is 5.54. The Morgan fingerprint density at radius 2 is 1.92 bits per heavy atom. The average molecular weight is 183 g/mol. The zero-order valence-corrected chi connectivity index (χ0v) is 9.10.